The van der Waals surface area contributed by atoms with Crippen molar-refractivity contribution in [1.82, 2.24) is 0 Å². The molecular weight excluding hydrogens is 352 g/mol. The molecule has 0 bridgehead atoms. The summed E-state index contributed by atoms with van der Waals surface area (Å²) in [6.45, 7) is 14.3. The zero-order valence-electron chi connectivity index (χ0n) is 19.5. The van der Waals surface area contributed by atoms with Gasteiger partial charge in [-0.15, -0.1) is 0 Å². The topological polar surface area (TPSA) is 0 Å². The lowest BCUT2D eigenvalue weighted by Crippen LogP contribution is -2.47. The molecule has 2 rings (SSSR count). The molecule has 1 aliphatic rings. The minimum Gasteiger partial charge on any atom is -0.0755 e. The van der Waals surface area contributed by atoms with Crippen LogP contribution in [-0.4, -0.2) is 8.07 Å². The first-order valence-corrected chi connectivity index (χ1v) is 14.8. The molecule has 0 unspecified atom stereocenters. The molecule has 0 saturated heterocycles. The predicted octanol–water partition coefficient (Wildman–Crippen LogP) is 7.87. The Kier molecular flexibility index (Phi) is 9.27. The molecule has 0 heterocycles. The van der Waals surface area contributed by atoms with Gasteiger partial charge in [-0.25, -0.2) is 0 Å². The Bertz CT molecular complexity index is 647. The summed E-state index contributed by atoms with van der Waals surface area (Å²) in [5.41, 5.74) is 7.77. The SMILES string of the molecule is CCCCCCc1cc(CCCCCC)cc([Si](C)(C)[C]2C=CC(C)=C2C)c1. The first-order valence-electron chi connectivity index (χ1n) is 11.8. The molecule has 0 amide bonds. The molecule has 0 fully saturated rings. The van der Waals surface area contributed by atoms with E-state index in [9.17, 15) is 0 Å². The smallest absolute Gasteiger partial charge is 0.0755 e. The fourth-order valence-corrected chi connectivity index (χ4v) is 7.47. The maximum absolute atomic E-state index is 2.56. The largest absolute Gasteiger partial charge is 0.0962 e. The van der Waals surface area contributed by atoms with E-state index in [4.69, 9.17) is 0 Å². The molecule has 0 nitrogen and oxygen atoms in total. The van der Waals surface area contributed by atoms with Gasteiger partial charge in [0.15, 0.2) is 0 Å². The third kappa shape index (κ3) is 6.21. The number of unbranched alkanes of at least 4 members (excludes halogenated alkanes) is 6. The van der Waals surface area contributed by atoms with Gasteiger partial charge in [0, 0.05) is 5.54 Å². The van der Waals surface area contributed by atoms with Crippen LogP contribution in [0.1, 0.15) is 90.2 Å². The standard InChI is InChI=1S/C27H43Si/c1-7-9-11-13-15-24-19-25(16-14-12-10-8-2)21-26(20-24)28(5,6)27-18-17-22(3)23(27)4/h17-21H,7-16H2,1-6H3. The number of hydrogen-bond acceptors (Lipinski definition) is 0. The first kappa shape index (κ1) is 23.2. The molecule has 1 aromatic rings. The number of aryl methyl sites for hydroxylation is 2. The minimum absolute atomic E-state index is 1.25. The second kappa shape index (κ2) is 11.2. The molecule has 0 aliphatic heterocycles. The van der Waals surface area contributed by atoms with E-state index in [1.807, 2.05) is 0 Å². The van der Waals surface area contributed by atoms with E-state index in [0.717, 1.165) is 0 Å². The van der Waals surface area contributed by atoms with Gasteiger partial charge in [0.25, 0.3) is 0 Å². The summed E-state index contributed by atoms with van der Waals surface area (Å²) in [4.78, 5) is 0. The molecule has 0 N–H and O–H groups in total. The third-order valence-corrected chi connectivity index (χ3v) is 10.2. The summed E-state index contributed by atoms with van der Waals surface area (Å²) in [7, 11) is -1.65. The minimum atomic E-state index is -1.65. The summed E-state index contributed by atoms with van der Waals surface area (Å²) in [6.07, 6.45) is 18.0. The van der Waals surface area contributed by atoms with E-state index >= 15 is 0 Å². The average Bonchev–Trinajstić information content (AvgIpc) is 3.02. The van der Waals surface area contributed by atoms with Crippen molar-refractivity contribution in [3.8, 4) is 0 Å². The lowest BCUT2D eigenvalue weighted by atomic mass is 10.0. The molecule has 0 atom stereocenters. The predicted molar refractivity (Wildman–Crippen MR) is 130 cm³/mol. The highest BCUT2D eigenvalue weighted by molar-refractivity contribution is 6.95. The molecule has 0 spiro atoms. The van der Waals surface area contributed by atoms with Crippen LogP contribution in [0.2, 0.25) is 13.1 Å². The maximum Gasteiger partial charge on any atom is 0.0962 e. The number of allylic oxidation sites excluding steroid dienone is 4. The quantitative estimate of drug-likeness (QED) is 0.249. The monoisotopic (exact) mass is 395 g/mol. The molecule has 1 radical (unpaired) electrons. The average molecular weight is 396 g/mol. The van der Waals surface area contributed by atoms with Crippen LogP contribution in [0, 0.1) is 5.54 Å². The molecule has 1 aliphatic carbocycles. The summed E-state index contributed by atoms with van der Waals surface area (Å²) >= 11 is 0. The van der Waals surface area contributed by atoms with E-state index in [1.165, 1.54) is 75.4 Å². The number of benzene rings is 1. The summed E-state index contributed by atoms with van der Waals surface area (Å²) in [5, 5.41) is 1.64. The fourth-order valence-electron chi connectivity index (χ4n) is 4.43. The van der Waals surface area contributed by atoms with Gasteiger partial charge in [0.1, 0.15) is 0 Å². The molecule has 1 aromatic carbocycles. The zero-order valence-corrected chi connectivity index (χ0v) is 20.5. The Labute approximate surface area is 176 Å². The van der Waals surface area contributed by atoms with Gasteiger partial charge in [-0.1, -0.05) is 112 Å². The van der Waals surface area contributed by atoms with Crippen molar-refractivity contribution >= 4 is 13.3 Å². The van der Waals surface area contributed by atoms with Crippen molar-refractivity contribution in [3.05, 3.63) is 58.2 Å². The Morgan fingerprint density at radius 1 is 0.679 bits per heavy atom. The van der Waals surface area contributed by atoms with Crippen molar-refractivity contribution in [2.75, 3.05) is 0 Å². The lowest BCUT2D eigenvalue weighted by molar-refractivity contribution is 0.661. The van der Waals surface area contributed by atoms with Gasteiger partial charge in [-0.2, -0.15) is 0 Å². The highest BCUT2D eigenvalue weighted by Crippen LogP contribution is 2.34. The number of rotatable bonds is 12. The van der Waals surface area contributed by atoms with Crippen LogP contribution in [0.25, 0.3) is 0 Å². The molecule has 155 valence electrons. The van der Waals surface area contributed by atoms with Crippen molar-refractivity contribution in [2.24, 2.45) is 0 Å². The van der Waals surface area contributed by atoms with Gasteiger partial charge in [0.2, 0.25) is 0 Å². The van der Waals surface area contributed by atoms with Crippen LogP contribution in [0.5, 0.6) is 0 Å². The van der Waals surface area contributed by atoms with E-state index in [0.29, 0.717) is 0 Å². The van der Waals surface area contributed by atoms with Crippen LogP contribution in [0.3, 0.4) is 0 Å². The molecule has 1 heteroatoms. The van der Waals surface area contributed by atoms with Crippen molar-refractivity contribution in [3.63, 3.8) is 0 Å². The Balaban J connectivity index is 2.23. The Morgan fingerprint density at radius 3 is 1.64 bits per heavy atom. The highest BCUT2D eigenvalue weighted by Gasteiger charge is 2.36. The van der Waals surface area contributed by atoms with E-state index in [-0.39, 0.29) is 0 Å². The van der Waals surface area contributed by atoms with Gasteiger partial charge in [-0.05, 0) is 50.7 Å². The van der Waals surface area contributed by atoms with Gasteiger partial charge in [-0.3, -0.25) is 0 Å². The normalized spacial score (nSPS) is 15.1. The van der Waals surface area contributed by atoms with Crippen LogP contribution in [0.15, 0.2) is 41.5 Å². The van der Waals surface area contributed by atoms with E-state index in [1.54, 1.807) is 21.9 Å². The Morgan fingerprint density at radius 2 is 1.21 bits per heavy atom. The van der Waals surface area contributed by atoms with Crippen molar-refractivity contribution < 1.29 is 0 Å². The van der Waals surface area contributed by atoms with Gasteiger partial charge < -0.3 is 0 Å². The summed E-state index contributed by atoms with van der Waals surface area (Å²) in [5.74, 6) is 0. The van der Waals surface area contributed by atoms with E-state index in [2.05, 4.69) is 71.1 Å². The lowest BCUT2D eigenvalue weighted by Gasteiger charge is -2.31. The van der Waals surface area contributed by atoms with Crippen LogP contribution < -0.4 is 5.19 Å². The fraction of sp³-hybridized carbons (Fsp3) is 0.593. The van der Waals surface area contributed by atoms with Crippen molar-refractivity contribution in [1.29, 1.82) is 0 Å². The van der Waals surface area contributed by atoms with Crippen LogP contribution in [-0.2, 0) is 12.8 Å². The van der Waals surface area contributed by atoms with Crippen LogP contribution in [0.4, 0.5) is 0 Å². The second-order valence-corrected chi connectivity index (χ2v) is 13.7. The van der Waals surface area contributed by atoms with Crippen LogP contribution >= 0.6 is 0 Å². The van der Waals surface area contributed by atoms with E-state index < -0.39 is 8.07 Å². The molecule has 0 aromatic heterocycles. The molecule has 0 saturated carbocycles. The van der Waals surface area contributed by atoms with Crippen molar-refractivity contribution in [2.45, 2.75) is 105 Å². The molecule has 28 heavy (non-hydrogen) atoms. The zero-order chi connectivity index (χ0) is 20.6. The number of hydrogen-bond donors (Lipinski definition) is 0. The highest BCUT2D eigenvalue weighted by atomic mass is 28.3. The molecular formula is C27H43Si. The first-order chi connectivity index (χ1) is 13.4. The van der Waals surface area contributed by atoms with Gasteiger partial charge >= 0.3 is 0 Å². The Hall–Kier alpha value is -1.08. The maximum atomic E-state index is 2.56. The third-order valence-electron chi connectivity index (χ3n) is 6.58. The summed E-state index contributed by atoms with van der Waals surface area (Å²) < 4.78 is 0. The second-order valence-electron chi connectivity index (χ2n) is 9.34. The van der Waals surface area contributed by atoms with Gasteiger partial charge in [0.05, 0.1) is 8.07 Å². The summed E-state index contributed by atoms with van der Waals surface area (Å²) in [6, 6.07) is 7.65.